The molecule has 5 rings (SSSR count). The molecule has 1 saturated heterocycles. The van der Waals surface area contributed by atoms with Gasteiger partial charge in [-0.15, -0.1) is 0 Å². The molecule has 1 amide bonds. The third-order valence-corrected chi connectivity index (χ3v) is 9.37. The summed E-state index contributed by atoms with van der Waals surface area (Å²) in [7, 11) is -4.31. The number of thioether (sulfide) groups is 1. The van der Waals surface area contributed by atoms with E-state index >= 15 is 0 Å². The van der Waals surface area contributed by atoms with Crippen LogP contribution < -0.4 is 34.5 Å². The summed E-state index contributed by atoms with van der Waals surface area (Å²) in [4.78, 5) is 20.1. The van der Waals surface area contributed by atoms with Gasteiger partial charge in [0, 0.05) is 35.9 Å². The Morgan fingerprint density at radius 1 is 0.952 bits per heavy atom. The van der Waals surface area contributed by atoms with Crippen LogP contribution in [-0.2, 0) is 14.9 Å². The quantitative estimate of drug-likeness (QED) is 0.155. The van der Waals surface area contributed by atoms with Gasteiger partial charge >= 0.3 is 29.6 Å². The monoisotopic (exact) mass is 627 g/mol. The Morgan fingerprint density at radius 3 is 2.24 bits per heavy atom. The van der Waals surface area contributed by atoms with Crippen LogP contribution in [0, 0.1) is 0 Å². The van der Waals surface area contributed by atoms with Gasteiger partial charge in [0.2, 0.25) is 0 Å². The SMILES string of the molecule is CCN1C(=O)C(=C(C=CC=C2Sc3cc4ccccc4cc3N2CCCS(=O)(=O)[O-])c2ccccc2)N(CC)C1=S.[Na+]. The molecule has 42 heavy (non-hydrogen) atoms. The maximum Gasteiger partial charge on any atom is 1.00 e. The molecule has 2 aliphatic rings. The van der Waals surface area contributed by atoms with Gasteiger partial charge in [0.15, 0.2) is 5.11 Å². The minimum Gasteiger partial charge on any atom is -0.748 e. The van der Waals surface area contributed by atoms with Crippen molar-refractivity contribution >= 4 is 67.2 Å². The van der Waals surface area contributed by atoms with E-state index in [2.05, 4.69) is 23.1 Å². The maximum absolute atomic E-state index is 13.5. The minimum absolute atomic E-state index is 0. The van der Waals surface area contributed by atoms with Crippen LogP contribution in [0.4, 0.5) is 5.69 Å². The molecule has 3 aromatic carbocycles. The summed E-state index contributed by atoms with van der Waals surface area (Å²) < 4.78 is 33.9. The first kappa shape index (κ1) is 32.5. The van der Waals surface area contributed by atoms with E-state index in [1.807, 2.05) is 85.5 Å². The van der Waals surface area contributed by atoms with Crippen LogP contribution in [-0.4, -0.2) is 59.2 Å². The van der Waals surface area contributed by atoms with Gasteiger partial charge in [0.05, 0.1) is 20.8 Å². The first-order valence-electron chi connectivity index (χ1n) is 13.4. The second-order valence-corrected chi connectivity index (χ2v) is 12.6. The third-order valence-electron chi connectivity index (χ3n) is 7.03. The largest absolute Gasteiger partial charge is 1.00 e. The van der Waals surface area contributed by atoms with Crippen LogP contribution in [0.3, 0.4) is 0 Å². The van der Waals surface area contributed by atoms with Gasteiger partial charge in [0.25, 0.3) is 5.91 Å². The molecule has 212 valence electrons. The number of hydrogen-bond donors (Lipinski definition) is 0. The molecule has 0 aliphatic carbocycles. The van der Waals surface area contributed by atoms with E-state index in [4.69, 9.17) is 12.2 Å². The molecule has 0 atom stereocenters. The number of amides is 1. The second kappa shape index (κ2) is 13.9. The molecule has 0 bridgehead atoms. The first-order valence-corrected chi connectivity index (χ1v) is 16.2. The summed E-state index contributed by atoms with van der Waals surface area (Å²) in [5.41, 5.74) is 3.19. The van der Waals surface area contributed by atoms with Crippen molar-refractivity contribution < 1.29 is 47.3 Å². The van der Waals surface area contributed by atoms with Crippen molar-refractivity contribution in [1.29, 1.82) is 0 Å². The van der Waals surface area contributed by atoms with E-state index in [0.29, 0.717) is 30.4 Å². The fourth-order valence-electron chi connectivity index (χ4n) is 5.10. The molecule has 11 heteroatoms. The number of anilines is 1. The molecule has 1 fully saturated rings. The van der Waals surface area contributed by atoms with Gasteiger partial charge in [-0.2, -0.15) is 0 Å². The van der Waals surface area contributed by atoms with Crippen molar-refractivity contribution in [2.75, 3.05) is 30.3 Å². The average Bonchev–Trinajstić information content (AvgIpc) is 3.41. The van der Waals surface area contributed by atoms with Crippen molar-refractivity contribution in [2.45, 2.75) is 25.2 Å². The Kier molecular flexibility index (Phi) is 10.7. The topological polar surface area (TPSA) is 84.0 Å². The van der Waals surface area contributed by atoms with E-state index in [-0.39, 0.29) is 41.9 Å². The maximum atomic E-state index is 13.5. The van der Waals surface area contributed by atoms with Crippen LogP contribution in [0.5, 0.6) is 0 Å². The summed E-state index contributed by atoms with van der Waals surface area (Å²) in [5, 5.41) is 3.60. The van der Waals surface area contributed by atoms with Crippen LogP contribution in [0.25, 0.3) is 16.3 Å². The molecule has 0 unspecified atom stereocenters. The van der Waals surface area contributed by atoms with Gasteiger partial charge in [0.1, 0.15) is 5.70 Å². The first-order chi connectivity index (χ1) is 19.7. The fourth-order valence-corrected chi connectivity index (χ4v) is 7.15. The average molecular weight is 628 g/mol. The molecule has 0 spiro atoms. The standard InChI is InChI=1S/C31H31N3O4S3.Na/c1-3-32-29(30(35)33(4-2)31(32)39)25(22-12-6-5-7-13-22)16-10-17-28-34(18-11-19-41(36,37)38)26-20-23-14-8-9-15-24(23)21-27(26)40-28;/h5-10,12-17,20-21H,3-4,11,18-19H2,1-2H3,(H,36,37,38);/q;+1/p-1. The van der Waals surface area contributed by atoms with Crippen molar-refractivity contribution in [3.8, 4) is 0 Å². The molecular weight excluding hydrogens is 598 g/mol. The molecule has 0 saturated carbocycles. The van der Waals surface area contributed by atoms with Gasteiger partial charge < -0.3 is 14.4 Å². The minimum atomic E-state index is -4.31. The summed E-state index contributed by atoms with van der Waals surface area (Å²) in [6.07, 6.45) is 6.03. The van der Waals surface area contributed by atoms with Gasteiger partial charge in [-0.1, -0.05) is 78.5 Å². The number of fused-ring (bicyclic) bond motifs is 2. The number of thiocarbonyl (C=S) groups is 1. The fraction of sp³-hybridized carbons (Fsp3) is 0.226. The van der Waals surface area contributed by atoms with E-state index < -0.39 is 15.9 Å². The zero-order valence-corrected chi connectivity index (χ0v) is 28.3. The number of likely N-dealkylation sites (N-methyl/N-ethyl adjacent to an activating group) is 2. The van der Waals surface area contributed by atoms with Gasteiger partial charge in [-0.25, -0.2) is 8.42 Å². The Balaban J connectivity index is 0.00000405. The van der Waals surface area contributed by atoms with Crippen LogP contribution in [0.2, 0.25) is 0 Å². The Morgan fingerprint density at radius 2 is 1.60 bits per heavy atom. The Labute approximate surface area is 279 Å². The molecular formula is C31H30N3NaO4S3. The second-order valence-electron chi connectivity index (χ2n) is 9.60. The van der Waals surface area contributed by atoms with Crippen molar-refractivity contribution in [3.05, 3.63) is 101 Å². The van der Waals surface area contributed by atoms with Crippen molar-refractivity contribution in [3.63, 3.8) is 0 Å². The zero-order chi connectivity index (χ0) is 29.1. The molecule has 0 aromatic heterocycles. The third kappa shape index (κ3) is 6.86. The number of carbonyl (C=O) groups excluding carboxylic acids is 1. The number of rotatable bonds is 9. The number of benzene rings is 3. The summed E-state index contributed by atoms with van der Waals surface area (Å²) >= 11 is 7.22. The molecule has 7 nitrogen and oxygen atoms in total. The van der Waals surface area contributed by atoms with E-state index in [0.717, 1.165) is 37.5 Å². The van der Waals surface area contributed by atoms with Crippen LogP contribution >= 0.6 is 24.0 Å². The summed E-state index contributed by atoms with van der Waals surface area (Å²) in [5.74, 6) is -0.543. The smallest absolute Gasteiger partial charge is 0.748 e. The van der Waals surface area contributed by atoms with Crippen LogP contribution in [0.15, 0.2) is 101 Å². The van der Waals surface area contributed by atoms with Crippen LogP contribution in [0.1, 0.15) is 25.8 Å². The predicted octanol–water partition coefficient (Wildman–Crippen LogP) is 2.97. The van der Waals surface area contributed by atoms with Gasteiger partial charge in [-0.3, -0.25) is 9.69 Å². The Hall–Kier alpha value is -2.44. The molecule has 2 aliphatic heterocycles. The number of hydrogen-bond acceptors (Lipinski definition) is 7. The van der Waals surface area contributed by atoms with Crippen molar-refractivity contribution in [2.24, 2.45) is 0 Å². The van der Waals surface area contributed by atoms with E-state index in [1.54, 1.807) is 16.7 Å². The normalized spacial score (nSPS) is 17.5. The zero-order valence-electron chi connectivity index (χ0n) is 23.8. The molecule has 2 heterocycles. The molecule has 0 N–H and O–H groups in total. The van der Waals surface area contributed by atoms with Gasteiger partial charge in [-0.05, 0) is 67.0 Å². The Bertz CT molecular complexity index is 1700. The summed E-state index contributed by atoms with van der Waals surface area (Å²) in [6.45, 7) is 5.33. The molecule has 0 radical (unpaired) electrons. The predicted molar refractivity (Wildman–Crippen MR) is 169 cm³/mol. The number of nitrogens with zero attached hydrogens (tertiary/aromatic N) is 3. The molecule has 3 aromatic rings. The van der Waals surface area contributed by atoms with Crippen molar-refractivity contribution in [1.82, 2.24) is 9.80 Å². The van der Waals surface area contributed by atoms with E-state index in [9.17, 15) is 17.8 Å². The number of carbonyl (C=O) groups is 1. The van der Waals surface area contributed by atoms with E-state index in [1.165, 1.54) is 0 Å². The summed E-state index contributed by atoms with van der Waals surface area (Å²) in [6, 6.07) is 22.1. The number of allylic oxidation sites excluding steroid dienone is 4.